The lowest BCUT2D eigenvalue weighted by molar-refractivity contribution is -0.156. The molecule has 0 unspecified atom stereocenters. The van der Waals surface area contributed by atoms with Gasteiger partial charge < -0.3 is 14.4 Å². The molecule has 8 heteroatoms. The first-order valence-corrected chi connectivity index (χ1v) is 10.2. The number of hydrogen-bond donors (Lipinski definition) is 0. The van der Waals surface area contributed by atoms with Crippen LogP contribution in [0.2, 0.25) is 0 Å². The number of sulfone groups is 1. The first-order chi connectivity index (χ1) is 12.2. The van der Waals surface area contributed by atoms with Gasteiger partial charge in [0.2, 0.25) is 0 Å². The van der Waals surface area contributed by atoms with E-state index in [0.29, 0.717) is 13.1 Å². The Balaban J connectivity index is 1.79. The van der Waals surface area contributed by atoms with E-state index in [0.717, 1.165) is 5.56 Å². The van der Waals surface area contributed by atoms with Crippen molar-refractivity contribution < 1.29 is 27.5 Å². The number of carbonyl (C=O) groups excluding carboxylic acids is 2. The van der Waals surface area contributed by atoms with E-state index in [1.807, 2.05) is 20.8 Å². The molecule has 0 saturated carbocycles. The first kappa shape index (κ1) is 20.4. The number of esters is 1. The van der Waals surface area contributed by atoms with Gasteiger partial charge in [-0.05, 0) is 32.9 Å². The van der Waals surface area contributed by atoms with Crippen molar-refractivity contribution in [1.82, 2.24) is 4.90 Å². The van der Waals surface area contributed by atoms with Crippen LogP contribution in [0, 0.1) is 6.92 Å². The smallest absolute Gasteiger partial charge is 0.307 e. The number of ether oxygens (including phenoxy) is 2. The highest BCUT2D eigenvalue weighted by atomic mass is 32.2. The maximum Gasteiger partial charge on any atom is 0.307 e. The van der Waals surface area contributed by atoms with Crippen LogP contribution < -0.4 is 0 Å². The van der Waals surface area contributed by atoms with Crippen LogP contribution in [-0.2, 0) is 28.9 Å². The fraction of sp³-hybridized carbons (Fsp3) is 0.556. The monoisotopic (exact) mass is 383 g/mol. The Bertz CT molecular complexity index is 733. The standard InChI is InChI=1S/C18H25NO6S/c1-13-4-6-16(7-5-13)26(22,23)9-8-18(21)24-12-17(20)19-10-14(2)25-15(3)11-19/h4-7,14-15H,8-12H2,1-3H3/t14-,15-/m1/s1. The molecule has 0 radical (unpaired) electrons. The van der Waals surface area contributed by atoms with Crippen LogP contribution in [0.4, 0.5) is 0 Å². The molecule has 0 aliphatic carbocycles. The molecule has 0 aromatic heterocycles. The van der Waals surface area contributed by atoms with E-state index < -0.39 is 15.8 Å². The maximum absolute atomic E-state index is 12.2. The summed E-state index contributed by atoms with van der Waals surface area (Å²) in [6.07, 6.45) is -0.435. The molecule has 1 amide bonds. The molecule has 1 saturated heterocycles. The molecule has 1 aromatic carbocycles. The van der Waals surface area contributed by atoms with Gasteiger partial charge in [-0.3, -0.25) is 9.59 Å². The summed E-state index contributed by atoms with van der Waals surface area (Å²) >= 11 is 0. The average molecular weight is 383 g/mol. The van der Waals surface area contributed by atoms with Gasteiger partial charge in [-0.25, -0.2) is 8.42 Å². The molecule has 1 aromatic rings. The van der Waals surface area contributed by atoms with Crippen LogP contribution in [0.5, 0.6) is 0 Å². The average Bonchev–Trinajstić information content (AvgIpc) is 2.57. The molecule has 7 nitrogen and oxygen atoms in total. The van der Waals surface area contributed by atoms with Crippen LogP contribution in [0.1, 0.15) is 25.8 Å². The van der Waals surface area contributed by atoms with Crippen LogP contribution in [0.15, 0.2) is 29.2 Å². The van der Waals surface area contributed by atoms with Crippen LogP contribution in [-0.4, -0.2) is 62.9 Å². The van der Waals surface area contributed by atoms with Gasteiger partial charge in [0.15, 0.2) is 16.4 Å². The van der Waals surface area contributed by atoms with Crippen molar-refractivity contribution in [3.8, 4) is 0 Å². The molecule has 2 rings (SSSR count). The van der Waals surface area contributed by atoms with Gasteiger partial charge in [-0.15, -0.1) is 0 Å². The second-order valence-electron chi connectivity index (χ2n) is 6.60. The fourth-order valence-corrected chi connectivity index (χ4v) is 3.99. The lowest BCUT2D eigenvalue weighted by Crippen LogP contribution is -2.49. The van der Waals surface area contributed by atoms with Crippen molar-refractivity contribution in [2.45, 2.75) is 44.3 Å². The molecule has 0 bridgehead atoms. The summed E-state index contributed by atoms with van der Waals surface area (Å²) < 4.78 is 34.9. The minimum atomic E-state index is -3.56. The SMILES string of the molecule is Cc1ccc(S(=O)(=O)CCC(=O)OCC(=O)N2C[C@@H](C)O[C@H](C)C2)cc1. The summed E-state index contributed by atoms with van der Waals surface area (Å²) in [5.74, 6) is -1.36. The Kier molecular flexibility index (Phi) is 6.77. The van der Waals surface area contributed by atoms with Crippen molar-refractivity contribution in [3.63, 3.8) is 0 Å². The fourth-order valence-electron chi connectivity index (χ4n) is 2.77. The highest BCUT2D eigenvalue weighted by Gasteiger charge is 2.26. The highest BCUT2D eigenvalue weighted by molar-refractivity contribution is 7.91. The van der Waals surface area contributed by atoms with Gasteiger partial charge in [-0.2, -0.15) is 0 Å². The van der Waals surface area contributed by atoms with Crippen LogP contribution in [0.3, 0.4) is 0 Å². The van der Waals surface area contributed by atoms with E-state index in [1.54, 1.807) is 17.0 Å². The number of nitrogens with zero attached hydrogens (tertiary/aromatic N) is 1. The second-order valence-corrected chi connectivity index (χ2v) is 8.71. The Morgan fingerprint density at radius 2 is 1.73 bits per heavy atom. The summed E-state index contributed by atoms with van der Waals surface area (Å²) in [7, 11) is -3.56. The quantitative estimate of drug-likeness (QED) is 0.689. The maximum atomic E-state index is 12.2. The summed E-state index contributed by atoms with van der Waals surface area (Å²) in [5.41, 5.74) is 0.952. The molecular formula is C18H25NO6S. The molecule has 1 aliphatic rings. The van der Waals surface area contributed by atoms with Crippen molar-refractivity contribution >= 4 is 21.7 Å². The molecular weight excluding hydrogens is 358 g/mol. The number of amides is 1. The van der Waals surface area contributed by atoms with E-state index in [2.05, 4.69) is 0 Å². The van der Waals surface area contributed by atoms with Gasteiger partial charge in [0.25, 0.3) is 5.91 Å². The molecule has 1 fully saturated rings. The van der Waals surface area contributed by atoms with E-state index in [-0.39, 0.29) is 41.8 Å². The third-order valence-corrected chi connectivity index (χ3v) is 5.82. The van der Waals surface area contributed by atoms with E-state index in [1.165, 1.54) is 12.1 Å². The van der Waals surface area contributed by atoms with Crippen LogP contribution in [0.25, 0.3) is 0 Å². The molecule has 0 N–H and O–H groups in total. The number of aryl methyl sites for hydroxylation is 1. The zero-order valence-corrected chi connectivity index (χ0v) is 16.1. The largest absolute Gasteiger partial charge is 0.456 e. The summed E-state index contributed by atoms with van der Waals surface area (Å²) in [5, 5.41) is 0. The van der Waals surface area contributed by atoms with Crippen LogP contribution >= 0.6 is 0 Å². The molecule has 1 heterocycles. The number of rotatable bonds is 6. The third kappa shape index (κ3) is 5.81. The highest BCUT2D eigenvalue weighted by Crippen LogP contribution is 2.14. The molecule has 144 valence electrons. The number of hydrogen-bond acceptors (Lipinski definition) is 6. The predicted octanol–water partition coefficient (Wildman–Crippen LogP) is 1.34. The number of morpholine rings is 1. The Hall–Kier alpha value is -1.93. The number of carbonyl (C=O) groups is 2. The molecule has 1 aliphatic heterocycles. The van der Waals surface area contributed by atoms with E-state index in [9.17, 15) is 18.0 Å². The van der Waals surface area contributed by atoms with Crippen molar-refractivity contribution in [2.75, 3.05) is 25.4 Å². The zero-order valence-electron chi connectivity index (χ0n) is 15.3. The minimum Gasteiger partial charge on any atom is -0.456 e. The van der Waals surface area contributed by atoms with Crippen molar-refractivity contribution in [2.24, 2.45) is 0 Å². The van der Waals surface area contributed by atoms with Gasteiger partial charge in [-0.1, -0.05) is 17.7 Å². The van der Waals surface area contributed by atoms with Gasteiger partial charge >= 0.3 is 5.97 Å². The summed E-state index contributed by atoms with van der Waals surface area (Å²) in [4.78, 5) is 25.7. The Morgan fingerprint density at radius 3 is 2.31 bits per heavy atom. The third-order valence-electron chi connectivity index (χ3n) is 4.08. The first-order valence-electron chi connectivity index (χ1n) is 8.55. The normalized spacial score (nSPS) is 20.7. The van der Waals surface area contributed by atoms with E-state index >= 15 is 0 Å². The summed E-state index contributed by atoms with van der Waals surface area (Å²) in [6.45, 7) is 6.12. The predicted molar refractivity (Wildman–Crippen MR) is 95.4 cm³/mol. The van der Waals surface area contributed by atoms with Crippen molar-refractivity contribution in [3.05, 3.63) is 29.8 Å². The van der Waals surface area contributed by atoms with Gasteiger partial charge in [0, 0.05) is 13.1 Å². The molecule has 26 heavy (non-hydrogen) atoms. The van der Waals surface area contributed by atoms with Gasteiger partial charge in [0.05, 0.1) is 29.3 Å². The second kappa shape index (κ2) is 8.64. The van der Waals surface area contributed by atoms with Gasteiger partial charge in [0.1, 0.15) is 0 Å². The minimum absolute atomic E-state index is 0.0712. The Labute approximate surface area is 154 Å². The number of benzene rings is 1. The lowest BCUT2D eigenvalue weighted by Gasteiger charge is -2.35. The molecule has 0 spiro atoms. The lowest BCUT2D eigenvalue weighted by atomic mass is 10.2. The Morgan fingerprint density at radius 1 is 1.15 bits per heavy atom. The van der Waals surface area contributed by atoms with Crippen molar-refractivity contribution in [1.29, 1.82) is 0 Å². The van der Waals surface area contributed by atoms with E-state index in [4.69, 9.17) is 9.47 Å². The zero-order chi connectivity index (χ0) is 19.3. The summed E-state index contributed by atoms with van der Waals surface area (Å²) in [6, 6.07) is 6.43. The molecule has 2 atom stereocenters. The topological polar surface area (TPSA) is 90.0 Å².